The molecule has 0 N–H and O–H groups in total. The molecule has 2 unspecified atom stereocenters. The molecule has 0 saturated carbocycles. The van der Waals surface area contributed by atoms with Crippen molar-refractivity contribution < 1.29 is 12.9 Å². The zero-order valence-electron chi connectivity index (χ0n) is 4.36. The molecule has 0 aromatic carbocycles. The number of rotatable bonds is 3. The molecule has 0 heterocycles. The van der Waals surface area contributed by atoms with Crippen molar-refractivity contribution in [3.63, 3.8) is 0 Å². The average molecular weight is 155 g/mol. The Hall–Kier alpha value is 0.420. The molecule has 8 heavy (non-hydrogen) atoms. The second-order valence-electron chi connectivity index (χ2n) is 1.29. The molecule has 0 aliphatic rings. The van der Waals surface area contributed by atoms with Gasteiger partial charge in [-0.15, -0.1) is 0 Å². The Balaban J connectivity index is 3.24. The third kappa shape index (κ3) is 4.58. The van der Waals surface area contributed by atoms with E-state index in [2.05, 4.69) is 16.8 Å². The maximum Gasteiger partial charge on any atom is 0.0845 e. The van der Waals surface area contributed by atoms with Crippen molar-refractivity contribution in [1.82, 2.24) is 0 Å². The van der Waals surface area contributed by atoms with Crippen LogP contribution in [0.4, 0.5) is 0 Å². The maximum atomic E-state index is 9.71. The largest absolute Gasteiger partial charge is 0.750 e. The van der Waals surface area contributed by atoms with Crippen LogP contribution in [0.1, 0.15) is 6.92 Å². The van der Waals surface area contributed by atoms with Crippen molar-refractivity contribution in [2.75, 3.05) is 5.75 Å². The highest BCUT2D eigenvalue weighted by atomic mass is 32.2. The second-order valence-corrected chi connectivity index (χ2v) is 2.26. The van der Waals surface area contributed by atoms with E-state index < -0.39 is 11.4 Å². The fraction of sp³-hybridized carbons (Fsp3) is 1.00. The Morgan fingerprint density at radius 3 is 2.62 bits per heavy atom. The van der Waals surface area contributed by atoms with E-state index in [-0.39, 0.29) is 6.10 Å². The topological polar surface area (TPSA) is 49.4 Å². The highest BCUT2D eigenvalue weighted by Gasteiger charge is 1.95. The molecular weight excluding hydrogens is 148 g/mol. The van der Waals surface area contributed by atoms with Crippen LogP contribution in [-0.4, -0.2) is 20.6 Å². The van der Waals surface area contributed by atoms with Gasteiger partial charge < -0.3 is 4.55 Å². The molecule has 5 heteroatoms. The van der Waals surface area contributed by atoms with Gasteiger partial charge in [0, 0.05) is 5.75 Å². The first-order chi connectivity index (χ1) is 3.66. The van der Waals surface area contributed by atoms with Crippen LogP contribution < -0.4 is 0 Å². The first kappa shape index (κ1) is 8.42. The molecule has 50 valence electrons. The van der Waals surface area contributed by atoms with Gasteiger partial charge in [-0.25, -0.2) is 4.21 Å². The van der Waals surface area contributed by atoms with Crippen LogP contribution in [0.25, 0.3) is 0 Å². The van der Waals surface area contributed by atoms with E-state index in [1.807, 2.05) is 0 Å². The fourth-order valence-electron chi connectivity index (χ4n) is 0.165. The average Bonchev–Trinajstić information content (AvgIpc) is 1.65. The van der Waals surface area contributed by atoms with Crippen molar-refractivity contribution >= 4 is 24.0 Å². The summed E-state index contributed by atoms with van der Waals surface area (Å²) in [6.07, 6.45) is -0.323. The molecule has 0 radical (unpaired) electrons. The number of hydrogen-bond donors (Lipinski definition) is 1. The molecule has 0 rings (SSSR count). The van der Waals surface area contributed by atoms with Crippen LogP contribution in [-0.2, 0) is 15.5 Å². The van der Waals surface area contributed by atoms with E-state index in [0.717, 1.165) is 0 Å². The van der Waals surface area contributed by atoms with Gasteiger partial charge in [0.2, 0.25) is 0 Å². The predicted molar refractivity (Wildman–Crippen MR) is 33.3 cm³/mol. The van der Waals surface area contributed by atoms with Crippen molar-refractivity contribution in [1.29, 1.82) is 0 Å². The lowest BCUT2D eigenvalue weighted by Gasteiger charge is -2.09. The SMILES string of the molecule is CC(CS)OS(=O)[O-]. The summed E-state index contributed by atoms with van der Waals surface area (Å²) in [5, 5.41) is 0. The van der Waals surface area contributed by atoms with Gasteiger partial charge in [0.1, 0.15) is 0 Å². The minimum absolute atomic E-state index is 0.323. The smallest absolute Gasteiger partial charge is 0.0845 e. The minimum Gasteiger partial charge on any atom is -0.750 e. The van der Waals surface area contributed by atoms with E-state index in [0.29, 0.717) is 5.75 Å². The van der Waals surface area contributed by atoms with Crippen LogP contribution in [0.15, 0.2) is 0 Å². The van der Waals surface area contributed by atoms with Crippen molar-refractivity contribution in [3.8, 4) is 0 Å². The first-order valence-electron chi connectivity index (χ1n) is 2.04. The Morgan fingerprint density at radius 2 is 2.50 bits per heavy atom. The van der Waals surface area contributed by atoms with Crippen LogP contribution in [0.2, 0.25) is 0 Å². The zero-order chi connectivity index (χ0) is 6.57. The lowest BCUT2D eigenvalue weighted by Crippen LogP contribution is -2.10. The molecule has 0 aliphatic heterocycles. The third-order valence-electron chi connectivity index (χ3n) is 0.500. The molecule has 0 aromatic heterocycles. The fourth-order valence-corrected chi connectivity index (χ4v) is 0.676. The summed E-state index contributed by atoms with van der Waals surface area (Å²) in [5.41, 5.74) is 0. The van der Waals surface area contributed by atoms with Crippen LogP contribution >= 0.6 is 12.6 Å². The molecule has 0 saturated heterocycles. The Bertz CT molecular complexity index is 84.6. The van der Waals surface area contributed by atoms with Gasteiger partial charge >= 0.3 is 0 Å². The molecule has 0 fully saturated rings. The number of hydrogen-bond acceptors (Lipinski definition) is 4. The minimum atomic E-state index is -2.39. The Kier molecular flexibility index (Phi) is 4.54. The molecule has 0 aliphatic carbocycles. The van der Waals surface area contributed by atoms with Gasteiger partial charge in [-0.1, -0.05) is 0 Å². The van der Waals surface area contributed by atoms with Gasteiger partial charge in [-0.2, -0.15) is 12.6 Å². The number of thiol groups is 1. The molecule has 0 aromatic rings. The van der Waals surface area contributed by atoms with E-state index in [4.69, 9.17) is 0 Å². The molecular formula is C3H7O3S2-. The summed E-state index contributed by atoms with van der Waals surface area (Å²) in [4.78, 5) is 0. The van der Waals surface area contributed by atoms with Gasteiger partial charge in [0.25, 0.3) is 0 Å². The predicted octanol–water partition coefficient (Wildman–Crippen LogP) is 0.115. The maximum absolute atomic E-state index is 9.71. The third-order valence-corrected chi connectivity index (χ3v) is 1.50. The van der Waals surface area contributed by atoms with Crippen LogP contribution in [0.5, 0.6) is 0 Å². The monoisotopic (exact) mass is 155 g/mol. The Morgan fingerprint density at radius 1 is 2.00 bits per heavy atom. The van der Waals surface area contributed by atoms with Gasteiger partial charge in [-0.05, 0) is 6.92 Å². The second kappa shape index (κ2) is 4.31. The lowest BCUT2D eigenvalue weighted by atomic mass is 10.5. The Labute approximate surface area is 56.3 Å². The lowest BCUT2D eigenvalue weighted by molar-refractivity contribution is 0.242. The quantitative estimate of drug-likeness (QED) is 0.465. The van der Waals surface area contributed by atoms with E-state index >= 15 is 0 Å². The van der Waals surface area contributed by atoms with Crippen molar-refractivity contribution in [2.24, 2.45) is 0 Å². The molecule has 0 spiro atoms. The molecule has 0 bridgehead atoms. The molecule has 2 atom stereocenters. The molecule has 3 nitrogen and oxygen atoms in total. The summed E-state index contributed by atoms with van der Waals surface area (Å²) in [5.74, 6) is 0.411. The highest BCUT2D eigenvalue weighted by molar-refractivity contribution is 7.80. The van der Waals surface area contributed by atoms with Gasteiger partial charge in [0.05, 0.1) is 17.5 Å². The van der Waals surface area contributed by atoms with E-state index in [1.165, 1.54) is 0 Å². The van der Waals surface area contributed by atoms with Crippen molar-refractivity contribution in [3.05, 3.63) is 0 Å². The summed E-state index contributed by atoms with van der Waals surface area (Å²) in [7, 11) is 0. The summed E-state index contributed by atoms with van der Waals surface area (Å²) in [6, 6.07) is 0. The molecule has 0 amide bonds. The normalized spacial score (nSPS) is 17.9. The van der Waals surface area contributed by atoms with Gasteiger partial charge in [-0.3, -0.25) is 4.18 Å². The zero-order valence-corrected chi connectivity index (χ0v) is 6.08. The van der Waals surface area contributed by atoms with E-state index in [1.54, 1.807) is 6.92 Å². The standard InChI is InChI=1S/C3H8O3S2/c1-3(2-7)6-8(4)5/h3,7H,2H2,1H3,(H,4,5)/p-1. The summed E-state index contributed by atoms with van der Waals surface area (Å²) < 4.78 is 23.7. The van der Waals surface area contributed by atoms with E-state index in [9.17, 15) is 8.76 Å². The van der Waals surface area contributed by atoms with Crippen molar-refractivity contribution in [2.45, 2.75) is 13.0 Å². The highest BCUT2D eigenvalue weighted by Crippen LogP contribution is 1.93. The van der Waals surface area contributed by atoms with Gasteiger partial charge in [0.15, 0.2) is 0 Å². The summed E-state index contributed by atoms with van der Waals surface area (Å²) in [6.45, 7) is 1.63. The van der Waals surface area contributed by atoms with Crippen LogP contribution in [0.3, 0.4) is 0 Å². The first-order valence-corrected chi connectivity index (χ1v) is 3.67. The van der Waals surface area contributed by atoms with Crippen LogP contribution in [0, 0.1) is 0 Å². The summed E-state index contributed by atoms with van der Waals surface area (Å²) >= 11 is 1.40.